The first-order valence-corrected chi connectivity index (χ1v) is 6.17. The minimum absolute atomic E-state index is 0.0217. The van der Waals surface area contributed by atoms with Gasteiger partial charge in [0.15, 0.2) is 0 Å². The highest BCUT2D eigenvalue weighted by Gasteiger charge is 2.25. The summed E-state index contributed by atoms with van der Waals surface area (Å²) in [4.78, 5) is 14.0. The van der Waals surface area contributed by atoms with Crippen molar-refractivity contribution in [3.8, 4) is 0 Å². The number of morpholine rings is 1. The second-order valence-electron chi connectivity index (χ2n) is 5.36. The summed E-state index contributed by atoms with van der Waals surface area (Å²) >= 11 is 0. The van der Waals surface area contributed by atoms with Gasteiger partial charge in [0, 0.05) is 31.7 Å². The fourth-order valence-corrected chi connectivity index (χ4v) is 1.66. The zero-order chi connectivity index (χ0) is 12.9. The third-order valence-electron chi connectivity index (χ3n) is 3.14. The Morgan fingerprint density at radius 1 is 1.47 bits per heavy atom. The normalized spacial score (nSPS) is 20.0. The fourth-order valence-electron chi connectivity index (χ4n) is 1.66. The molecule has 100 valence electrons. The van der Waals surface area contributed by atoms with E-state index in [0.717, 1.165) is 13.1 Å². The van der Waals surface area contributed by atoms with E-state index in [1.54, 1.807) is 0 Å². The molecule has 2 N–H and O–H groups in total. The lowest BCUT2D eigenvalue weighted by Gasteiger charge is -2.32. The van der Waals surface area contributed by atoms with Crippen molar-refractivity contribution in [1.29, 1.82) is 0 Å². The van der Waals surface area contributed by atoms with E-state index in [0.29, 0.717) is 19.8 Å². The molecule has 1 aliphatic heterocycles. The van der Waals surface area contributed by atoms with Crippen LogP contribution in [0.25, 0.3) is 0 Å². The number of carbonyl (C=O) groups excluding carboxylic acids is 1. The van der Waals surface area contributed by atoms with Crippen molar-refractivity contribution in [1.82, 2.24) is 10.2 Å². The van der Waals surface area contributed by atoms with Gasteiger partial charge in [0.25, 0.3) is 0 Å². The molecule has 0 spiro atoms. The molecule has 0 aromatic rings. The number of hydrogen-bond acceptors (Lipinski definition) is 4. The van der Waals surface area contributed by atoms with Crippen molar-refractivity contribution < 1.29 is 14.6 Å². The van der Waals surface area contributed by atoms with Crippen LogP contribution >= 0.6 is 0 Å². The van der Waals surface area contributed by atoms with Crippen LogP contribution < -0.4 is 5.32 Å². The maximum Gasteiger partial charge on any atom is 0.237 e. The summed E-state index contributed by atoms with van der Waals surface area (Å²) in [6, 6.07) is -0.131. The van der Waals surface area contributed by atoms with Gasteiger partial charge >= 0.3 is 0 Å². The zero-order valence-corrected chi connectivity index (χ0v) is 11.0. The summed E-state index contributed by atoms with van der Waals surface area (Å²) in [6.45, 7) is 9.32. The van der Waals surface area contributed by atoms with E-state index in [1.807, 2.05) is 20.8 Å². The van der Waals surface area contributed by atoms with E-state index in [4.69, 9.17) is 9.84 Å². The summed E-state index contributed by atoms with van der Waals surface area (Å²) in [6.07, 6.45) is 0. The van der Waals surface area contributed by atoms with E-state index in [-0.39, 0.29) is 24.0 Å². The van der Waals surface area contributed by atoms with E-state index < -0.39 is 0 Å². The lowest BCUT2D eigenvalue weighted by atomic mass is 9.95. The van der Waals surface area contributed by atoms with E-state index in [2.05, 4.69) is 10.2 Å². The molecule has 1 unspecified atom stereocenters. The van der Waals surface area contributed by atoms with Crippen molar-refractivity contribution >= 4 is 5.91 Å². The molecule has 1 atom stereocenters. The van der Waals surface area contributed by atoms with Crippen molar-refractivity contribution in [3.05, 3.63) is 0 Å². The number of rotatable bonds is 5. The van der Waals surface area contributed by atoms with Crippen molar-refractivity contribution in [2.24, 2.45) is 5.41 Å². The highest BCUT2D eigenvalue weighted by Crippen LogP contribution is 2.11. The molecular weight excluding hydrogens is 220 g/mol. The Balaban J connectivity index is 2.36. The molecule has 1 saturated heterocycles. The minimum atomic E-state index is -0.264. The molecule has 0 aromatic heterocycles. The highest BCUT2D eigenvalue weighted by atomic mass is 16.5. The summed E-state index contributed by atoms with van der Waals surface area (Å²) < 4.78 is 5.25. The number of ether oxygens (including phenoxy) is 1. The molecule has 0 saturated carbocycles. The number of carbonyl (C=O) groups is 1. The number of amides is 1. The van der Waals surface area contributed by atoms with Crippen LogP contribution in [-0.4, -0.2) is 61.4 Å². The quantitative estimate of drug-likeness (QED) is 0.705. The molecule has 5 nitrogen and oxygen atoms in total. The Kier molecular flexibility index (Phi) is 5.36. The van der Waals surface area contributed by atoms with E-state index in [9.17, 15) is 4.79 Å². The third kappa shape index (κ3) is 4.61. The van der Waals surface area contributed by atoms with Gasteiger partial charge < -0.3 is 15.2 Å². The van der Waals surface area contributed by atoms with Gasteiger partial charge in [-0.1, -0.05) is 13.8 Å². The Hall–Kier alpha value is -0.650. The van der Waals surface area contributed by atoms with Gasteiger partial charge in [0.05, 0.1) is 19.3 Å². The van der Waals surface area contributed by atoms with Crippen molar-refractivity contribution in [2.45, 2.75) is 26.8 Å². The second-order valence-corrected chi connectivity index (χ2v) is 5.36. The van der Waals surface area contributed by atoms with E-state index >= 15 is 0 Å². The van der Waals surface area contributed by atoms with Crippen LogP contribution in [0.3, 0.4) is 0 Å². The molecule has 0 bridgehead atoms. The average molecular weight is 244 g/mol. The lowest BCUT2D eigenvalue weighted by Crippen LogP contribution is -2.51. The maximum absolute atomic E-state index is 11.9. The predicted molar refractivity (Wildman–Crippen MR) is 65.7 cm³/mol. The molecule has 1 heterocycles. The Morgan fingerprint density at radius 3 is 2.59 bits per heavy atom. The van der Waals surface area contributed by atoms with Gasteiger partial charge in [0.1, 0.15) is 0 Å². The lowest BCUT2D eigenvalue weighted by molar-refractivity contribution is -0.128. The van der Waals surface area contributed by atoms with Gasteiger partial charge in [-0.2, -0.15) is 0 Å². The smallest absolute Gasteiger partial charge is 0.237 e. The number of aliphatic hydroxyl groups is 1. The number of hydrogen-bond donors (Lipinski definition) is 2. The first-order valence-electron chi connectivity index (χ1n) is 6.17. The molecule has 1 aliphatic rings. The summed E-state index contributed by atoms with van der Waals surface area (Å²) in [5, 5.41) is 12.0. The van der Waals surface area contributed by atoms with Gasteiger partial charge in [-0.15, -0.1) is 0 Å². The number of nitrogens with one attached hydrogen (secondary N) is 1. The van der Waals surface area contributed by atoms with E-state index in [1.165, 1.54) is 0 Å². The Bertz CT molecular complexity index is 250. The molecular formula is C12H24N2O3. The molecule has 17 heavy (non-hydrogen) atoms. The van der Waals surface area contributed by atoms with Crippen LogP contribution in [0, 0.1) is 5.41 Å². The molecule has 1 amide bonds. The summed E-state index contributed by atoms with van der Waals surface area (Å²) in [5.74, 6) is 0.0217. The fraction of sp³-hybridized carbons (Fsp3) is 0.917. The third-order valence-corrected chi connectivity index (χ3v) is 3.14. The average Bonchev–Trinajstić information content (AvgIpc) is 2.36. The van der Waals surface area contributed by atoms with Crippen LogP contribution in [0.15, 0.2) is 0 Å². The van der Waals surface area contributed by atoms with Crippen molar-refractivity contribution in [2.75, 3.05) is 39.5 Å². The van der Waals surface area contributed by atoms with Gasteiger partial charge in [-0.3, -0.25) is 9.69 Å². The monoisotopic (exact) mass is 244 g/mol. The summed E-state index contributed by atoms with van der Waals surface area (Å²) in [5.41, 5.74) is -0.264. The van der Waals surface area contributed by atoms with Gasteiger partial charge in [-0.25, -0.2) is 0 Å². The largest absolute Gasteiger partial charge is 0.396 e. The van der Waals surface area contributed by atoms with Gasteiger partial charge in [0.2, 0.25) is 5.91 Å². The molecule has 1 fully saturated rings. The van der Waals surface area contributed by atoms with Crippen LogP contribution in [0.4, 0.5) is 0 Å². The SMILES string of the molecule is CC(C(=O)NCC(C)(C)CO)N1CCOCC1. The second kappa shape index (κ2) is 6.33. The Labute approximate surface area is 103 Å². The molecule has 0 aliphatic carbocycles. The molecule has 0 radical (unpaired) electrons. The van der Waals surface area contributed by atoms with Crippen LogP contribution in [0.2, 0.25) is 0 Å². The summed E-state index contributed by atoms with van der Waals surface area (Å²) in [7, 11) is 0. The van der Waals surface area contributed by atoms with Crippen LogP contribution in [0.5, 0.6) is 0 Å². The number of nitrogens with zero attached hydrogens (tertiary/aromatic N) is 1. The zero-order valence-electron chi connectivity index (χ0n) is 11.0. The van der Waals surface area contributed by atoms with Crippen LogP contribution in [0.1, 0.15) is 20.8 Å². The maximum atomic E-state index is 11.9. The molecule has 0 aromatic carbocycles. The Morgan fingerprint density at radius 2 is 2.06 bits per heavy atom. The molecule has 5 heteroatoms. The highest BCUT2D eigenvalue weighted by molar-refractivity contribution is 5.81. The predicted octanol–water partition coefficient (Wildman–Crippen LogP) is -0.158. The topological polar surface area (TPSA) is 61.8 Å². The van der Waals surface area contributed by atoms with Gasteiger partial charge in [-0.05, 0) is 6.92 Å². The van der Waals surface area contributed by atoms with Crippen LogP contribution in [-0.2, 0) is 9.53 Å². The van der Waals surface area contributed by atoms with Crippen molar-refractivity contribution in [3.63, 3.8) is 0 Å². The standard InChI is InChI=1S/C12H24N2O3/c1-10(14-4-6-17-7-5-14)11(16)13-8-12(2,3)9-15/h10,15H,4-9H2,1-3H3,(H,13,16). The first kappa shape index (κ1) is 14.4. The minimum Gasteiger partial charge on any atom is -0.396 e. The molecule has 1 rings (SSSR count). The first-order chi connectivity index (χ1) is 7.96. The number of aliphatic hydroxyl groups excluding tert-OH is 1.